The third-order valence-electron chi connectivity index (χ3n) is 3.37. The molecule has 0 saturated carbocycles. The molecule has 1 aromatic heterocycles. The molecule has 0 aliphatic carbocycles. The summed E-state index contributed by atoms with van der Waals surface area (Å²) in [5.41, 5.74) is 2.30. The van der Waals surface area contributed by atoms with Gasteiger partial charge in [-0.25, -0.2) is 4.98 Å². The highest BCUT2D eigenvalue weighted by Crippen LogP contribution is 2.31. The van der Waals surface area contributed by atoms with Gasteiger partial charge < -0.3 is 14.9 Å². The van der Waals surface area contributed by atoms with E-state index >= 15 is 0 Å². The van der Waals surface area contributed by atoms with Gasteiger partial charge in [-0.15, -0.1) is 0 Å². The van der Waals surface area contributed by atoms with Gasteiger partial charge in [-0.2, -0.15) is 4.98 Å². The van der Waals surface area contributed by atoms with Gasteiger partial charge in [-0.1, -0.05) is 43.1 Å². The second kappa shape index (κ2) is 7.45. The Balaban J connectivity index is 2.55. The number of halogens is 2. The normalized spacial score (nSPS) is 11.3. The highest BCUT2D eigenvalue weighted by Gasteiger charge is 2.21. The maximum absolute atomic E-state index is 9.34. The van der Waals surface area contributed by atoms with Gasteiger partial charge in [0.1, 0.15) is 0 Å². The molecule has 0 amide bonds. The molecule has 0 aliphatic heterocycles. The third-order valence-corrected chi connectivity index (χ3v) is 3.96. The zero-order valence-electron chi connectivity index (χ0n) is 13.0. The van der Waals surface area contributed by atoms with Crippen molar-refractivity contribution >= 4 is 23.2 Å². The van der Waals surface area contributed by atoms with Crippen LogP contribution in [0.15, 0.2) is 18.2 Å². The summed E-state index contributed by atoms with van der Waals surface area (Å²) in [5.74, 6) is 0.264. The van der Waals surface area contributed by atoms with E-state index in [-0.39, 0.29) is 11.7 Å². The molecule has 7 heteroatoms. The predicted octanol–water partition coefficient (Wildman–Crippen LogP) is 3.49. The molecule has 1 aromatic carbocycles. The van der Waals surface area contributed by atoms with Crippen LogP contribution in [0.2, 0.25) is 10.0 Å². The number of aromatic nitrogens is 2. The quantitative estimate of drug-likeness (QED) is 0.802. The third kappa shape index (κ3) is 4.12. The molecule has 5 nitrogen and oxygen atoms in total. The van der Waals surface area contributed by atoms with E-state index in [4.69, 9.17) is 27.9 Å². The first kappa shape index (κ1) is 17.9. The Labute approximate surface area is 144 Å². The van der Waals surface area contributed by atoms with Crippen LogP contribution < -0.4 is 4.74 Å². The summed E-state index contributed by atoms with van der Waals surface area (Å²) < 4.78 is 5.32. The smallest absolute Gasteiger partial charge is 0.220 e. The van der Waals surface area contributed by atoms with E-state index in [1.807, 2.05) is 19.9 Å². The summed E-state index contributed by atoms with van der Waals surface area (Å²) >= 11 is 12.2. The minimum absolute atomic E-state index is 0.0467. The molecule has 2 rings (SSSR count). The van der Waals surface area contributed by atoms with Crippen LogP contribution in [0.4, 0.5) is 0 Å². The van der Waals surface area contributed by atoms with Crippen LogP contribution in [0, 0.1) is 0 Å². The fourth-order valence-electron chi connectivity index (χ4n) is 2.28. The van der Waals surface area contributed by atoms with Gasteiger partial charge >= 0.3 is 0 Å². The molecule has 23 heavy (non-hydrogen) atoms. The first-order valence-electron chi connectivity index (χ1n) is 7.08. The predicted molar refractivity (Wildman–Crippen MR) is 89.1 cm³/mol. The van der Waals surface area contributed by atoms with Gasteiger partial charge in [0.15, 0.2) is 5.82 Å². The van der Waals surface area contributed by atoms with Crippen LogP contribution in [-0.2, 0) is 6.42 Å². The van der Waals surface area contributed by atoms with Crippen molar-refractivity contribution in [1.82, 2.24) is 9.97 Å². The number of aliphatic hydroxyl groups excluding tert-OH is 1. The Kier molecular flexibility index (Phi) is 5.81. The second-order valence-corrected chi connectivity index (χ2v) is 6.24. The lowest BCUT2D eigenvalue weighted by Crippen LogP contribution is -2.12. The van der Waals surface area contributed by atoms with E-state index in [1.54, 1.807) is 12.1 Å². The largest absolute Gasteiger partial charge is 0.481 e. The summed E-state index contributed by atoms with van der Waals surface area (Å²) in [5, 5.41) is 19.8. The molecule has 0 bridgehead atoms. The van der Waals surface area contributed by atoms with Gasteiger partial charge in [-0.05, 0) is 23.6 Å². The van der Waals surface area contributed by atoms with Crippen LogP contribution in [0.3, 0.4) is 0 Å². The van der Waals surface area contributed by atoms with Crippen molar-refractivity contribution in [1.29, 1.82) is 0 Å². The Morgan fingerprint density at radius 2 is 1.87 bits per heavy atom. The number of benzene rings is 1. The average molecular weight is 357 g/mol. The van der Waals surface area contributed by atoms with Crippen molar-refractivity contribution in [2.45, 2.75) is 32.5 Å². The summed E-state index contributed by atoms with van der Waals surface area (Å²) in [7, 11) is 1.48. The monoisotopic (exact) mass is 356 g/mol. The van der Waals surface area contributed by atoms with Gasteiger partial charge in [0.25, 0.3) is 0 Å². The second-order valence-electron chi connectivity index (χ2n) is 5.40. The average Bonchev–Trinajstić information content (AvgIpc) is 2.49. The van der Waals surface area contributed by atoms with E-state index in [0.717, 1.165) is 11.1 Å². The SMILES string of the molecule is COc1nc(C(O)O)nc(C(C)C)c1Cc1ccc(Cl)cc1Cl. The molecular weight excluding hydrogens is 339 g/mol. The number of nitrogens with zero attached hydrogens (tertiary/aromatic N) is 2. The van der Waals surface area contributed by atoms with Gasteiger partial charge in [0, 0.05) is 22.0 Å². The van der Waals surface area contributed by atoms with E-state index in [1.165, 1.54) is 7.11 Å². The molecule has 0 radical (unpaired) electrons. The van der Waals surface area contributed by atoms with Crippen LogP contribution in [0.1, 0.15) is 48.7 Å². The van der Waals surface area contributed by atoms with E-state index in [0.29, 0.717) is 28.0 Å². The maximum Gasteiger partial charge on any atom is 0.220 e. The van der Waals surface area contributed by atoms with E-state index < -0.39 is 6.29 Å². The number of hydrogen-bond donors (Lipinski definition) is 2. The molecule has 0 atom stereocenters. The summed E-state index contributed by atoms with van der Waals surface area (Å²) in [6.07, 6.45) is -1.30. The number of hydrogen-bond acceptors (Lipinski definition) is 5. The molecule has 1 heterocycles. The highest BCUT2D eigenvalue weighted by molar-refractivity contribution is 6.35. The Morgan fingerprint density at radius 1 is 1.17 bits per heavy atom. The lowest BCUT2D eigenvalue weighted by atomic mass is 9.98. The van der Waals surface area contributed by atoms with Crippen LogP contribution >= 0.6 is 23.2 Å². The lowest BCUT2D eigenvalue weighted by Gasteiger charge is -2.17. The first-order valence-corrected chi connectivity index (χ1v) is 7.83. The first-order chi connectivity index (χ1) is 10.8. The number of ether oxygens (including phenoxy) is 1. The van der Waals surface area contributed by atoms with Crippen molar-refractivity contribution in [3.63, 3.8) is 0 Å². The van der Waals surface area contributed by atoms with Crippen molar-refractivity contribution in [3.05, 3.63) is 50.9 Å². The topological polar surface area (TPSA) is 75.5 Å². The fraction of sp³-hybridized carbons (Fsp3) is 0.375. The molecule has 0 spiro atoms. The molecule has 2 N–H and O–H groups in total. The van der Waals surface area contributed by atoms with Gasteiger partial charge in [-0.3, -0.25) is 0 Å². The van der Waals surface area contributed by atoms with Crippen molar-refractivity contribution < 1.29 is 14.9 Å². The Morgan fingerprint density at radius 3 is 2.39 bits per heavy atom. The van der Waals surface area contributed by atoms with Crippen LogP contribution in [0.25, 0.3) is 0 Å². The minimum Gasteiger partial charge on any atom is -0.481 e. The molecule has 0 saturated heterocycles. The zero-order chi connectivity index (χ0) is 17.1. The van der Waals surface area contributed by atoms with E-state index in [2.05, 4.69) is 9.97 Å². The molecular formula is C16H18Cl2N2O3. The zero-order valence-corrected chi connectivity index (χ0v) is 14.6. The van der Waals surface area contributed by atoms with Crippen molar-refractivity contribution in [2.24, 2.45) is 0 Å². The highest BCUT2D eigenvalue weighted by atomic mass is 35.5. The fourth-order valence-corrected chi connectivity index (χ4v) is 2.76. The van der Waals surface area contributed by atoms with Gasteiger partial charge in [0.05, 0.1) is 12.8 Å². The lowest BCUT2D eigenvalue weighted by molar-refractivity contribution is -0.0499. The molecule has 124 valence electrons. The summed E-state index contributed by atoms with van der Waals surface area (Å²) in [6, 6.07) is 5.27. The molecule has 0 fully saturated rings. The van der Waals surface area contributed by atoms with Crippen LogP contribution in [0.5, 0.6) is 5.88 Å². The molecule has 0 aliphatic rings. The number of methoxy groups -OCH3 is 1. The number of rotatable bonds is 5. The van der Waals surface area contributed by atoms with Crippen LogP contribution in [-0.4, -0.2) is 27.3 Å². The Hall–Kier alpha value is -1.40. The van der Waals surface area contributed by atoms with Crippen molar-refractivity contribution in [2.75, 3.05) is 7.11 Å². The molecule has 2 aromatic rings. The minimum atomic E-state index is -1.76. The Bertz CT molecular complexity index is 706. The van der Waals surface area contributed by atoms with E-state index in [9.17, 15) is 10.2 Å². The standard InChI is InChI=1S/C16H18Cl2N2O3/c1-8(2)13-11(6-9-4-5-10(17)7-12(9)18)15(23-3)20-14(19-13)16(21)22/h4-5,7-8,16,21-22H,6H2,1-3H3. The summed E-state index contributed by atoms with van der Waals surface area (Å²) in [4.78, 5) is 8.34. The molecule has 0 unspecified atom stereocenters. The number of aliphatic hydroxyl groups is 2. The maximum atomic E-state index is 9.34. The van der Waals surface area contributed by atoms with Gasteiger partial charge in [0.2, 0.25) is 12.2 Å². The van der Waals surface area contributed by atoms with Crippen molar-refractivity contribution in [3.8, 4) is 5.88 Å². The summed E-state index contributed by atoms with van der Waals surface area (Å²) in [6.45, 7) is 3.92.